The summed E-state index contributed by atoms with van der Waals surface area (Å²) in [6.07, 6.45) is 8.69. The minimum absolute atomic E-state index is 0.0129. The first kappa shape index (κ1) is 30.0. The standard InChI is InChI=1S/C33H49N5O2/c1-24(2)13-19-37(20-14-25(3)4)33(39)28-22-30-29(23-34-28)35-32(27-21-26(5)11-12-31(27)40-6)38(30)18-10-17-36-15-8-7-9-16-36/h11-12,21-25H,7-10,13-20H2,1-6H3. The molecule has 4 rings (SSSR count). The minimum atomic E-state index is 0.0129. The Balaban J connectivity index is 1.70. The third kappa shape index (κ3) is 7.62. The molecule has 2 aromatic heterocycles. The Morgan fingerprint density at radius 3 is 2.35 bits per heavy atom. The lowest BCUT2D eigenvalue weighted by atomic mass is 10.1. The molecule has 0 bridgehead atoms. The van der Waals surface area contributed by atoms with E-state index in [1.54, 1.807) is 13.3 Å². The zero-order valence-corrected chi connectivity index (χ0v) is 25.6. The number of rotatable bonds is 13. The summed E-state index contributed by atoms with van der Waals surface area (Å²) in [7, 11) is 1.71. The van der Waals surface area contributed by atoms with Crippen molar-refractivity contribution in [3.63, 3.8) is 0 Å². The highest BCUT2D eigenvalue weighted by atomic mass is 16.5. The maximum Gasteiger partial charge on any atom is 0.272 e. The van der Waals surface area contributed by atoms with Gasteiger partial charge in [0.25, 0.3) is 5.91 Å². The number of carbonyl (C=O) groups excluding carboxylic acids is 1. The van der Waals surface area contributed by atoms with E-state index >= 15 is 0 Å². The van der Waals surface area contributed by atoms with E-state index in [1.807, 2.05) is 17.0 Å². The fourth-order valence-electron chi connectivity index (χ4n) is 5.51. The fourth-order valence-corrected chi connectivity index (χ4v) is 5.51. The molecule has 3 aromatic rings. The van der Waals surface area contributed by atoms with E-state index < -0.39 is 0 Å². The molecule has 7 heteroatoms. The molecule has 1 saturated heterocycles. The molecule has 1 aromatic carbocycles. The quantitative estimate of drug-likeness (QED) is 0.235. The molecule has 0 radical (unpaired) electrons. The molecular formula is C33H49N5O2. The number of hydrogen-bond donors (Lipinski definition) is 0. The number of amides is 1. The number of hydrogen-bond acceptors (Lipinski definition) is 5. The molecule has 1 fully saturated rings. The van der Waals surface area contributed by atoms with E-state index in [0.29, 0.717) is 17.5 Å². The number of likely N-dealkylation sites (tertiary alicyclic amines) is 1. The first-order valence-corrected chi connectivity index (χ1v) is 15.3. The number of aromatic nitrogens is 3. The zero-order valence-electron chi connectivity index (χ0n) is 25.6. The Labute approximate surface area is 240 Å². The van der Waals surface area contributed by atoms with Crippen molar-refractivity contribution in [2.75, 3.05) is 39.8 Å². The van der Waals surface area contributed by atoms with E-state index in [2.05, 4.69) is 61.2 Å². The highest BCUT2D eigenvalue weighted by molar-refractivity contribution is 5.95. The highest BCUT2D eigenvalue weighted by Crippen LogP contribution is 2.33. The molecule has 3 heterocycles. The van der Waals surface area contributed by atoms with Crippen molar-refractivity contribution in [1.82, 2.24) is 24.3 Å². The summed E-state index contributed by atoms with van der Waals surface area (Å²) in [5.41, 5.74) is 4.40. The van der Waals surface area contributed by atoms with E-state index in [4.69, 9.17) is 9.72 Å². The Hall–Kier alpha value is -2.93. The Bertz CT molecular complexity index is 1250. The van der Waals surface area contributed by atoms with E-state index in [-0.39, 0.29) is 5.91 Å². The van der Waals surface area contributed by atoms with Crippen LogP contribution in [0.4, 0.5) is 0 Å². The van der Waals surface area contributed by atoms with Crippen molar-refractivity contribution in [3.05, 3.63) is 41.7 Å². The van der Waals surface area contributed by atoms with Crippen LogP contribution in [0.3, 0.4) is 0 Å². The lowest BCUT2D eigenvalue weighted by Gasteiger charge is -2.26. The van der Waals surface area contributed by atoms with Crippen LogP contribution in [0.5, 0.6) is 5.75 Å². The molecule has 0 aliphatic carbocycles. The molecular weight excluding hydrogens is 498 g/mol. The number of aryl methyl sites for hydroxylation is 2. The maximum absolute atomic E-state index is 13.8. The van der Waals surface area contributed by atoms with Gasteiger partial charge in [-0.2, -0.15) is 0 Å². The van der Waals surface area contributed by atoms with Crippen molar-refractivity contribution in [2.24, 2.45) is 11.8 Å². The van der Waals surface area contributed by atoms with Crippen molar-refractivity contribution in [3.8, 4) is 17.1 Å². The number of carbonyl (C=O) groups is 1. The molecule has 7 nitrogen and oxygen atoms in total. The van der Waals surface area contributed by atoms with Crippen LogP contribution in [0.1, 0.15) is 82.3 Å². The number of benzene rings is 1. The second-order valence-corrected chi connectivity index (χ2v) is 12.3. The molecule has 1 amide bonds. The highest BCUT2D eigenvalue weighted by Gasteiger charge is 2.22. The van der Waals surface area contributed by atoms with Gasteiger partial charge in [0.1, 0.15) is 22.8 Å². The van der Waals surface area contributed by atoms with Crippen LogP contribution in [0.2, 0.25) is 0 Å². The predicted octanol–water partition coefficient (Wildman–Crippen LogP) is 6.83. The molecule has 0 saturated carbocycles. The monoisotopic (exact) mass is 547 g/mol. The van der Waals surface area contributed by atoms with Gasteiger partial charge in [0, 0.05) is 19.6 Å². The van der Waals surface area contributed by atoms with Crippen molar-refractivity contribution >= 4 is 16.9 Å². The van der Waals surface area contributed by atoms with E-state index in [1.165, 1.54) is 32.4 Å². The summed E-state index contributed by atoms with van der Waals surface area (Å²) < 4.78 is 8.03. The third-order valence-electron chi connectivity index (χ3n) is 7.99. The molecule has 0 atom stereocenters. The van der Waals surface area contributed by atoms with Gasteiger partial charge in [-0.25, -0.2) is 9.97 Å². The topological polar surface area (TPSA) is 63.5 Å². The van der Waals surface area contributed by atoms with Crippen LogP contribution in [0, 0.1) is 18.8 Å². The SMILES string of the molecule is COc1ccc(C)cc1-c1nc2cnc(C(=O)N(CCC(C)C)CCC(C)C)cc2n1CCCN1CCCCC1. The van der Waals surface area contributed by atoms with Crippen LogP contribution in [-0.4, -0.2) is 70.1 Å². The van der Waals surface area contributed by atoms with Gasteiger partial charge < -0.3 is 19.1 Å². The number of ether oxygens (including phenoxy) is 1. The van der Waals surface area contributed by atoms with Gasteiger partial charge >= 0.3 is 0 Å². The molecule has 1 aliphatic heterocycles. The second-order valence-electron chi connectivity index (χ2n) is 12.3. The third-order valence-corrected chi connectivity index (χ3v) is 7.99. The summed E-state index contributed by atoms with van der Waals surface area (Å²) in [5, 5.41) is 0. The summed E-state index contributed by atoms with van der Waals surface area (Å²) in [6, 6.07) is 8.18. The number of pyridine rings is 1. The van der Waals surface area contributed by atoms with E-state index in [9.17, 15) is 4.79 Å². The summed E-state index contributed by atoms with van der Waals surface area (Å²) in [5.74, 6) is 2.77. The van der Waals surface area contributed by atoms with Gasteiger partial charge in [0.2, 0.25) is 0 Å². The molecule has 0 unspecified atom stereocenters. The summed E-state index contributed by atoms with van der Waals surface area (Å²) in [6.45, 7) is 16.7. The largest absolute Gasteiger partial charge is 0.496 e. The fraction of sp³-hybridized carbons (Fsp3) is 0.606. The average Bonchev–Trinajstić information content (AvgIpc) is 3.30. The minimum Gasteiger partial charge on any atom is -0.496 e. The van der Waals surface area contributed by atoms with Crippen molar-refractivity contribution in [2.45, 2.75) is 79.7 Å². The Kier molecular flexibility index (Phi) is 10.6. The van der Waals surface area contributed by atoms with Gasteiger partial charge in [0.05, 0.1) is 24.4 Å². The van der Waals surface area contributed by atoms with Gasteiger partial charge in [0.15, 0.2) is 0 Å². The first-order valence-electron chi connectivity index (χ1n) is 15.3. The zero-order chi connectivity index (χ0) is 28.6. The maximum atomic E-state index is 13.8. The Morgan fingerprint density at radius 2 is 1.70 bits per heavy atom. The molecule has 0 spiro atoms. The average molecular weight is 548 g/mol. The van der Waals surface area contributed by atoms with Crippen LogP contribution in [0.15, 0.2) is 30.5 Å². The van der Waals surface area contributed by atoms with Gasteiger partial charge in [-0.1, -0.05) is 45.7 Å². The number of methoxy groups -OCH3 is 1. The molecule has 0 N–H and O–H groups in total. The number of fused-ring (bicyclic) bond motifs is 1. The molecule has 40 heavy (non-hydrogen) atoms. The summed E-state index contributed by atoms with van der Waals surface area (Å²) in [4.78, 5) is 28.0. The van der Waals surface area contributed by atoms with Gasteiger partial charge in [-0.3, -0.25) is 4.79 Å². The van der Waals surface area contributed by atoms with Crippen LogP contribution in [-0.2, 0) is 6.54 Å². The first-order chi connectivity index (χ1) is 19.3. The number of piperidine rings is 1. The Morgan fingerprint density at radius 1 is 1.00 bits per heavy atom. The van der Waals surface area contributed by atoms with Crippen molar-refractivity contribution < 1.29 is 9.53 Å². The number of imidazole rings is 1. The van der Waals surface area contributed by atoms with Gasteiger partial charge in [-0.05, 0) is 88.7 Å². The lowest BCUT2D eigenvalue weighted by molar-refractivity contribution is 0.0735. The second kappa shape index (κ2) is 14.1. The smallest absolute Gasteiger partial charge is 0.272 e. The number of nitrogens with zero attached hydrogens (tertiary/aromatic N) is 5. The normalized spacial score (nSPS) is 14.4. The molecule has 218 valence electrons. The predicted molar refractivity (Wildman–Crippen MR) is 164 cm³/mol. The van der Waals surface area contributed by atoms with Crippen LogP contribution < -0.4 is 4.74 Å². The molecule has 1 aliphatic rings. The van der Waals surface area contributed by atoms with Crippen LogP contribution >= 0.6 is 0 Å². The van der Waals surface area contributed by atoms with E-state index in [0.717, 1.165) is 79.2 Å². The summed E-state index contributed by atoms with van der Waals surface area (Å²) >= 11 is 0. The van der Waals surface area contributed by atoms with Gasteiger partial charge in [-0.15, -0.1) is 0 Å². The van der Waals surface area contributed by atoms with Crippen LogP contribution in [0.25, 0.3) is 22.4 Å². The van der Waals surface area contributed by atoms with Crippen molar-refractivity contribution in [1.29, 1.82) is 0 Å². The lowest BCUT2D eigenvalue weighted by Crippen LogP contribution is -2.34.